The van der Waals surface area contributed by atoms with Gasteiger partial charge in [0.05, 0.1) is 24.9 Å². The molecular formula is C27H24FIN2O5. The Kier molecular flexibility index (Phi) is 9.53. The van der Waals surface area contributed by atoms with E-state index in [1.54, 1.807) is 49.6 Å². The summed E-state index contributed by atoms with van der Waals surface area (Å²) in [5.41, 5.74) is 2.07. The summed E-state index contributed by atoms with van der Waals surface area (Å²) in [4.78, 5) is 12.7. The molecule has 0 heterocycles. The average Bonchev–Trinajstić information content (AvgIpc) is 2.90. The van der Waals surface area contributed by atoms with Gasteiger partial charge in [0.1, 0.15) is 35.6 Å². The maximum Gasteiger partial charge on any atom is 0.262 e. The van der Waals surface area contributed by atoms with Gasteiger partial charge in [0, 0.05) is 18.2 Å². The van der Waals surface area contributed by atoms with E-state index in [4.69, 9.17) is 18.9 Å². The number of carbonyl (C=O) groups excluding carboxylic acids is 1. The second kappa shape index (κ2) is 12.8. The fraction of sp³-hybridized carbons (Fsp3) is 0.185. The number of halogens is 2. The van der Waals surface area contributed by atoms with Gasteiger partial charge in [-0.05, 0) is 76.2 Å². The zero-order chi connectivity index (χ0) is 26.1. The summed E-state index contributed by atoms with van der Waals surface area (Å²) in [7, 11) is 4.59. The van der Waals surface area contributed by atoms with Crippen LogP contribution in [0, 0.1) is 20.7 Å². The predicted molar refractivity (Wildman–Crippen MR) is 141 cm³/mol. The lowest BCUT2D eigenvalue weighted by Crippen LogP contribution is -2.24. The summed E-state index contributed by atoms with van der Waals surface area (Å²) in [5, 5.41) is 12.3. The maximum absolute atomic E-state index is 13.1. The minimum absolute atomic E-state index is 0.0692. The normalized spacial score (nSPS) is 10.8. The van der Waals surface area contributed by atoms with E-state index in [9.17, 15) is 14.4 Å². The van der Waals surface area contributed by atoms with Gasteiger partial charge in [-0.25, -0.2) is 4.39 Å². The molecule has 0 aliphatic heterocycles. The lowest BCUT2D eigenvalue weighted by Gasteiger charge is -2.14. The highest BCUT2D eigenvalue weighted by molar-refractivity contribution is 14.1. The fourth-order valence-electron chi connectivity index (χ4n) is 3.28. The van der Waals surface area contributed by atoms with E-state index in [1.165, 1.54) is 32.4 Å². The van der Waals surface area contributed by atoms with Crippen molar-refractivity contribution in [1.29, 1.82) is 5.26 Å². The van der Waals surface area contributed by atoms with Gasteiger partial charge in [0.15, 0.2) is 11.5 Å². The van der Waals surface area contributed by atoms with Crippen LogP contribution in [0.25, 0.3) is 6.08 Å². The van der Waals surface area contributed by atoms with E-state index in [0.717, 1.165) is 14.7 Å². The maximum atomic E-state index is 13.1. The Balaban J connectivity index is 1.75. The summed E-state index contributed by atoms with van der Waals surface area (Å²) in [6.07, 6.45) is 1.48. The standard InChI is InChI=1S/C27H24FIN2O5/c1-33-22-9-6-19(24(13-22)34-2)15-31-27(32)20(14-30)10-18-11-23(29)26(25(12-18)35-3)36-16-17-4-7-21(28)8-5-17/h4-13H,15-16H2,1-3H3,(H,31,32)/b20-10+. The van der Waals surface area contributed by atoms with Gasteiger partial charge in [-0.15, -0.1) is 0 Å². The quantitative estimate of drug-likeness (QED) is 0.194. The lowest BCUT2D eigenvalue weighted by molar-refractivity contribution is -0.117. The predicted octanol–water partition coefficient (Wildman–Crippen LogP) is 5.26. The van der Waals surface area contributed by atoms with Crippen molar-refractivity contribution in [2.75, 3.05) is 21.3 Å². The Morgan fingerprint density at radius 1 is 1.03 bits per heavy atom. The second-order valence-electron chi connectivity index (χ2n) is 7.48. The van der Waals surface area contributed by atoms with Gasteiger partial charge in [0.2, 0.25) is 0 Å². The minimum Gasteiger partial charge on any atom is -0.497 e. The van der Waals surface area contributed by atoms with E-state index in [-0.39, 0.29) is 24.5 Å². The molecule has 3 aromatic rings. The summed E-state index contributed by atoms with van der Waals surface area (Å²) < 4.78 is 35.8. The SMILES string of the molecule is COc1ccc(CNC(=O)/C(C#N)=C/c2cc(I)c(OCc3ccc(F)cc3)c(OC)c2)c(OC)c1. The van der Waals surface area contributed by atoms with Crippen LogP contribution in [0.2, 0.25) is 0 Å². The molecule has 0 aliphatic carbocycles. The number of amides is 1. The number of carbonyl (C=O) groups is 1. The van der Waals surface area contributed by atoms with Crippen LogP contribution < -0.4 is 24.3 Å². The first-order chi connectivity index (χ1) is 17.4. The number of methoxy groups -OCH3 is 3. The molecule has 36 heavy (non-hydrogen) atoms. The second-order valence-corrected chi connectivity index (χ2v) is 8.64. The van der Waals surface area contributed by atoms with Gasteiger partial charge in [-0.3, -0.25) is 4.79 Å². The zero-order valence-corrected chi connectivity index (χ0v) is 22.1. The Morgan fingerprint density at radius 3 is 2.39 bits per heavy atom. The molecule has 3 rings (SSSR count). The highest BCUT2D eigenvalue weighted by Gasteiger charge is 2.15. The van der Waals surface area contributed by atoms with E-state index in [2.05, 4.69) is 27.9 Å². The first-order valence-electron chi connectivity index (χ1n) is 10.7. The molecule has 1 amide bonds. The zero-order valence-electron chi connectivity index (χ0n) is 19.9. The van der Waals surface area contributed by atoms with Crippen molar-refractivity contribution in [2.45, 2.75) is 13.2 Å². The van der Waals surface area contributed by atoms with Crippen LogP contribution in [0.3, 0.4) is 0 Å². The molecule has 0 unspecified atom stereocenters. The lowest BCUT2D eigenvalue weighted by atomic mass is 10.1. The molecule has 1 N–H and O–H groups in total. The van der Waals surface area contributed by atoms with Crippen LogP contribution in [0.1, 0.15) is 16.7 Å². The van der Waals surface area contributed by atoms with Crippen molar-refractivity contribution in [2.24, 2.45) is 0 Å². The van der Waals surface area contributed by atoms with Gasteiger partial charge in [-0.2, -0.15) is 5.26 Å². The molecule has 0 saturated carbocycles. The first-order valence-corrected chi connectivity index (χ1v) is 11.8. The fourth-order valence-corrected chi connectivity index (χ4v) is 4.06. The number of benzene rings is 3. The van der Waals surface area contributed by atoms with Crippen molar-refractivity contribution in [3.63, 3.8) is 0 Å². The van der Waals surface area contributed by atoms with Crippen LogP contribution in [-0.2, 0) is 17.9 Å². The molecule has 186 valence electrons. The van der Waals surface area contributed by atoms with Crippen molar-refractivity contribution >= 4 is 34.6 Å². The van der Waals surface area contributed by atoms with Crippen LogP contribution in [0.4, 0.5) is 4.39 Å². The number of nitrogens with one attached hydrogen (secondary N) is 1. The Hall–Kier alpha value is -3.78. The number of hydrogen-bond donors (Lipinski definition) is 1. The molecule has 0 spiro atoms. The third-order valence-electron chi connectivity index (χ3n) is 5.16. The molecule has 0 radical (unpaired) electrons. The molecule has 0 aromatic heterocycles. The molecule has 3 aromatic carbocycles. The largest absolute Gasteiger partial charge is 0.497 e. The summed E-state index contributed by atoms with van der Waals surface area (Å²) in [5.74, 6) is 1.30. The number of nitriles is 1. The summed E-state index contributed by atoms with van der Waals surface area (Å²) >= 11 is 2.10. The molecule has 0 fully saturated rings. The average molecular weight is 602 g/mol. The first kappa shape index (κ1) is 26.8. The van der Waals surface area contributed by atoms with Crippen LogP contribution in [-0.4, -0.2) is 27.2 Å². The topological polar surface area (TPSA) is 89.8 Å². The molecule has 0 bridgehead atoms. The molecule has 0 saturated heterocycles. The van der Waals surface area contributed by atoms with Crippen molar-refractivity contribution in [3.8, 4) is 29.1 Å². The summed E-state index contributed by atoms with van der Waals surface area (Å²) in [6, 6.07) is 16.7. The monoisotopic (exact) mass is 602 g/mol. The number of rotatable bonds is 10. The third-order valence-corrected chi connectivity index (χ3v) is 5.96. The molecule has 9 heteroatoms. The smallest absolute Gasteiger partial charge is 0.262 e. The summed E-state index contributed by atoms with van der Waals surface area (Å²) in [6.45, 7) is 0.393. The van der Waals surface area contributed by atoms with E-state index >= 15 is 0 Å². The Morgan fingerprint density at radius 2 is 1.75 bits per heavy atom. The van der Waals surface area contributed by atoms with Crippen molar-refractivity contribution in [3.05, 3.63) is 86.2 Å². The van der Waals surface area contributed by atoms with Gasteiger partial charge >= 0.3 is 0 Å². The van der Waals surface area contributed by atoms with Crippen LogP contribution >= 0.6 is 22.6 Å². The molecular weight excluding hydrogens is 578 g/mol. The van der Waals surface area contributed by atoms with Crippen molar-refractivity contribution in [1.82, 2.24) is 5.32 Å². The third kappa shape index (κ3) is 6.88. The van der Waals surface area contributed by atoms with Crippen LogP contribution in [0.5, 0.6) is 23.0 Å². The molecule has 7 nitrogen and oxygen atoms in total. The number of hydrogen-bond acceptors (Lipinski definition) is 6. The number of ether oxygens (including phenoxy) is 4. The van der Waals surface area contributed by atoms with E-state index in [0.29, 0.717) is 28.6 Å². The highest BCUT2D eigenvalue weighted by atomic mass is 127. The van der Waals surface area contributed by atoms with Crippen molar-refractivity contribution < 1.29 is 28.1 Å². The Labute approximate surface area is 222 Å². The van der Waals surface area contributed by atoms with E-state index < -0.39 is 5.91 Å². The molecule has 0 atom stereocenters. The highest BCUT2D eigenvalue weighted by Crippen LogP contribution is 2.35. The minimum atomic E-state index is -0.527. The van der Waals surface area contributed by atoms with Gasteiger partial charge in [-0.1, -0.05) is 12.1 Å². The van der Waals surface area contributed by atoms with Gasteiger partial charge < -0.3 is 24.3 Å². The molecule has 0 aliphatic rings. The van der Waals surface area contributed by atoms with E-state index in [1.807, 2.05) is 6.07 Å². The Bertz CT molecular complexity index is 1300. The van der Waals surface area contributed by atoms with Crippen LogP contribution in [0.15, 0.2) is 60.2 Å². The van der Waals surface area contributed by atoms with Gasteiger partial charge in [0.25, 0.3) is 5.91 Å². The number of nitrogens with zero attached hydrogens (tertiary/aromatic N) is 1.